The normalized spacial score (nSPS) is 15.2. The van der Waals surface area contributed by atoms with Crippen LogP contribution in [0.2, 0.25) is 0 Å². The topological polar surface area (TPSA) is 35.2 Å². The van der Waals surface area contributed by atoms with E-state index in [4.69, 9.17) is 10.5 Å². The lowest BCUT2D eigenvalue weighted by Crippen LogP contribution is -2.40. The third-order valence-corrected chi connectivity index (χ3v) is 3.33. The first-order valence-electron chi connectivity index (χ1n) is 7.50. The molecule has 0 aromatic rings. The van der Waals surface area contributed by atoms with Gasteiger partial charge < -0.3 is 10.5 Å². The standard InChI is InChI=1S/C15H33NO/c1-5-7-8-9-10-11-12-14(16)15(13(3)4)17-6-2/h13-15H,5-12,16H2,1-4H3. The van der Waals surface area contributed by atoms with Crippen LogP contribution in [-0.2, 0) is 4.74 Å². The molecule has 0 heterocycles. The molecule has 0 rings (SSSR count). The number of rotatable bonds is 11. The fraction of sp³-hybridized carbons (Fsp3) is 1.00. The van der Waals surface area contributed by atoms with Gasteiger partial charge in [0.25, 0.3) is 0 Å². The van der Waals surface area contributed by atoms with E-state index in [2.05, 4.69) is 20.8 Å². The number of nitrogens with two attached hydrogens (primary N) is 1. The Morgan fingerprint density at radius 3 is 2.06 bits per heavy atom. The smallest absolute Gasteiger partial charge is 0.0748 e. The third-order valence-electron chi connectivity index (χ3n) is 3.33. The molecular formula is C15H33NO. The van der Waals surface area contributed by atoms with Crippen LogP contribution in [0.5, 0.6) is 0 Å². The first-order valence-corrected chi connectivity index (χ1v) is 7.50. The van der Waals surface area contributed by atoms with Crippen molar-refractivity contribution in [1.82, 2.24) is 0 Å². The molecule has 17 heavy (non-hydrogen) atoms. The van der Waals surface area contributed by atoms with Crippen molar-refractivity contribution in [3.05, 3.63) is 0 Å². The van der Waals surface area contributed by atoms with Crippen LogP contribution in [-0.4, -0.2) is 18.8 Å². The lowest BCUT2D eigenvalue weighted by molar-refractivity contribution is 0.0103. The Morgan fingerprint density at radius 2 is 1.53 bits per heavy atom. The Balaban J connectivity index is 3.63. The lowest BCUT2D eigenvalue weighted by atomic mass is 9.95. The maximum absolute atomic E-state index is 6.22. The highest BCUT2D eigenvalue weighted by Crippen LogP contribution is 2.15. The minimum Gasteiger partial charge on any atom is -0.377 e. The first-order chi connectivity index (χ1) is 8.13. The summed E-state index contributed by atoms with van der Waals surface area (Å²) >= 11 is 0. The van der Waals surface area contributed by atoms with Gasteiger partial charge in [0.2, 0.25) is 0 Å². The maximum Gasteiger partial charge on any atom is 0.0748 e. The van der Waals surface area contributed by atoms with Crippen LogP contribution >= 0.6 is 0 Å². The van der Waals surface area contributed by atoms with E-state index in [9.17, 15) is 0 Å². The summed E-state index contributed by atoms with van der Waals surface area (Å²) in [5.41, 5.74) is 6.22. The molecule has 2 N–H and O–H groups in total. The fourth-order valence-electron chi connectivity index (χ4n) is 2.33. The molecule has 0 saturated carbocycles. The molecule has 0 saturated heterocycles. The highest BCUT2D eigenvalue weighted by Gasteiger charge is 2.20. The molecule has 0 aliphatic heterocycles. The Bertz CT molecular complexity index is 159. The molecule has 0 aromatic heterocycles. The monoisotopic (exact) mass is 243 g/mol. The van der Waals surface area contributed by atoms with Gasteiger partial charge in [0, 0.05) is 12.6 Å². The van der Waals surface area contributed by atoms with Crippen LogP contribution in [0.1, 0.15) is 72.6 Å². The molecule has 0 amide bonds. The second kappa shape index (κ2) is 11.0. The highest BCUT2D eigenvalue weighted by atomic mass is 16.5. The quantitative estimate of drug-likeness (QED) is 0.554. The second-order valence-electron chi connectivity index (χ2n) is 5.38. The molecule has 0 bridgehead atoms. The molecular weight excluding hydrogens is 210 g/mol. The summed E-state index contributed by atoms with van der Waals surface area (Å²) in [7, 11) is 0. The van der Waals surface area contributed by atoms with Crippen molar-refractivity contribution in [2.24, 2.45) is 11.7 Å². The predicted molar refractivity (Wildman–Crippen MR) is 76.2 cm³/mol. The Morgan fingerprint density at radius 1 is 0.941 bits per heavy atom. The van der Waals surface area contributed by atoms with Gasteiger partial charge in [-0.2, -0.15) is 0 Å². The van der Waals surface area contributed by atoms with Gasteiger partial charge in [0.1, 0.15) is 0 Å². The average Bonchev–Trinajstić information content (AvgIpc) is 2.29. The Hall–Kier alpha value is -0.0800. The van der Waals surface area contributed by atoms with E-state index in [0.29, 0.717) is 5.92 Å². The van der Waals surface area contributed by atoms with E-state index in [1.165, 1.54) is 38.5 Å². The van der Waals surface area contributed by atoms with Crippen LogP contribution in [0.25, 0.3) is 0 Å². The van der Waals surface area contributed by atoms with E-state index in [-0.39, 0.29) is 12.1 Å². The van der Waals surface area contributed by atoms with Crippen molar-refractivity contribution < 1.29 is 4.74 Å². The molecule has 0 aromatic carbocycles. The summed E-state index contributed by atoms with van der Waals surface area (Å²) < 4.78 is 5.74. The summed E-state index contributed by atoms with van der Waals surface area (Å²) in [6.45, 7) is 9.47. The van der Waals surface area contributed by atoms with Crippen molar-refractivity contribution in [1.29, 1.82) is 0 Å². The lowest BCUT2D eigenvalue weighted by Gasteiger charge is -2.27. The van der Waals surface area contributed by atoms with Crippen molar-refractivity contribution in [2.45, 2.75) is 84.8 Å². The van der Waals surface area contributed by atoms with E-state index < -0.39 is 0 Å². The van der Waals surface area contributed by atoms with Gasteiger partial charge in [-0.15, -0.1) is 0 Å². The van der Waals surface area contributed by atoms with Crippen LogP contribution in [0, 0.1) is 5.92 Å². The fourth-order valence-corrected chi connectivity index (χ4v) is 2.33. The summed E-state index contributed by atoms with van der Waals surface area (Å²) in [5.74, 6) is 0.519. The number of ether oxygens (including phenoxy) is 1. The molecule has 0 aliphatic carbocycles. The average molecular weight is 243 g/mol. The zero-order valence-electron chi connectivity index (χ0n) is 12.4. The molecule has 0 aliphatic rings. The molecule has 0 radical (unpaired) electrons. The van der Waals surface area contributed by atoms with Gasteiger partial charge in [-0.25, -0.2) is 0 Å². The maximum atomic E-state index is 6.22. The van der Waals surface area contributed by atoms with Gasteiger partial charge in [-0.05, 0) is 19.3 Å². The highest BCUT2D eigenvalue weighted by molar-refractivity contribution is 4.76. The van der Waals surface area contributed by atoms with E-state index in [1.54, 1.807) is 0 Å². The van der Waals surface area contributed by atoms with Gasteiger partial charge in [-0.1, -0.05) is 59.3 Å². The molecule has 2 atom stereocenters. The van der Waals surface area contributed by atoms with E-state index >= 15 is 0 Å². The summed E-state index contributed by atoms with van der Waals surface area (Å²) in [6.07, 6.45) is 9.35. The predicted octanol–water partition coefficient (Wildman–Crippen LogP) is 4.13. The van der Waals surface area contributed by atoms with Gasteiger partial charge >= 0.3 is 0 Å². The molecule has 0 spiro atoms. The number of unbranched alkanes of at least 4 members (excludes halogenated alkanes) is 5. The second-order valence-corrected chi connectivity index (χ2v) is 5.38. The zero-order valence-corrected chi connectivity index (χ0v) is 12.4. The van der Waals surface area contributed by atoms with Crippen LogP contribution < -0.4 is 5.73 Å². The largest absolute Gasteiger partial charge is 0.377 e. The van der Waals surface area contributed by atoms with Gasteiger partial charge in [-0.3, -0.25) is 0 Å². The SMILES string of the molecule is CCCCCCCCC(N)C(OCC)C(C)C. The Kier molecular flexibility index (Phi) is 11.0. The van der Waals surface area contributed by atoms with Gasteiger partial charge in [0.05, 0.1) is 6.10 Å². The number of hydrogen-bond donors (Lipinski definition) is 1. The zero-order chi connectivity index (χ0) is 13.1. The van der Waals surface area contributed by atoms with Gasteiger partial charge in [0.15, 0.2) is 0 Å². The Labute approximate surface area is 108 Å². The molecule has 2 heteroatoms. The molecule has 2 unspecified atom stereocenters. The van der Waals surface area contributed by atoms with Crippen LogP contribution in [0.15, 0.2) is 0 Å². The summed E-state index contributed by atoms with van der Waals surface area (Å²) in [4.78, 5) is 0. The summed E-state index contributed by atoms with van der Waals surface area (Å²) in [5, 5.41) is 0. The van der Waals surface area contributed by atoms with E-state index in [1.807, 2.05) is 6.92 Å². The van der Waals surface area contributed by atoms with Crippen LogP contribution in [0.4, 0.5) is 0 Å². The minimum atomic E-state index is 0.209. The van der Waals surface area contributed by atoms with E-state index in [0.717, 1.165) is 13.0 Å². The molecule has 2 nitrogen and oxygen atoms in total. The van der Waals surface area contributed by atoms with Crippen molar-refractivity contribution in [2.75, 3.05) is 6.61 Å². The molecule has 104 valence electrons. The first kappa shape index (κ1) is 16.9. The van der Waals surface area contributed by atoms with Crippen molar-refractivity contribution in [3.63, 3.8) is 0 Å². The minimum absolute atomic E-state index is 0.209. The number of hydrogen-bond acceptors (Lipinski definition) is 2. The molecule has 0 fully saturated rings. The summed E-state index contributed by atoms with van der Waals surface area (Å²) in [6, 6.07) is 0.209. The van der Waals surface area contributed by atoms with Crippen molar-refractivity contribution >= 4 is 0 Å². The van der Waals surface area contributed by atoms with Crippen LogP contribution in [0.3, 0.4) is 0 Å². The van der Waals surface area contributed by atoms with Crippen molar-refractivity contribution in [3.8, 4) is 0 Å². The third kappa shape index (κ3) is 8.62.